The third kappa shape index (κ3) is 4.56. The lowest BCUT2D eigenvalue weighted by Crippen LogP contribution is -2.33. The first-order valence-electron chi connectivity index (χ1n) is 5.76. The average molecular weight is 241 g/mol. The monoisotopic (exact) mass is 241 g/mol. The van der Waals surface area contributed by atoms with E-state index in [1.807, 2.05) is 6.92 Å². The van der Waals surface area contributed by atoms with Crippen molar-refractivity contribution in [2.45, 2.75) is 38.3 Å². The van der Waals surface area contributed by atoms with Gasteiger partial charge in [0.15, 0.2) is 0 Å². The van der Waals surface area contributed by atoms with E-state index in [1.54, 1.807) is 19.3 Å². The highest BCUT2D eigenvalue weighted by molar-refractivity contribution is 5.77. The number of nitrogens with one attached hydrogen (secondary N) is 1. The minimum atomic E-state index is -0.842. The van der Waals surface area contributed by atoms with Gasteiger partial charge >= 0.3 is 5.97 Å². The van der Waals surface area contributed by atoms with Crippen LogP contribution in [0.15, 0.2) is 12.2 Å². The van der Waals surface area contributed by atoms with Crippen molar-refractivity contribution in [3.63, 3.8) is 0 Å². The summed E-state index contributed by atoms with van der Waals surface area (Å²) in [5.41, 5.74) is 0. The lowest BCUT2D eigenvalue weighted by Gasteiger charge is -2.13. The first kappa shape index (κ1) is 13.7. The third-order valence-corrected chi connectivity index (χ3v) is 2.93. The van der Waals surface area contributed by atoms with Crippen LogP contribution < -0.4 is 5.32 Å². The normalized spacial score (nSPS) is 24.6. The standard InChI is InChI=1S/C12H19NO4/c1-8(17-2)3-6-11(14)13-10-5-4-9(7-10)12(15)16/h4-5,8-10H,3,6-7H2,1-2H3,(H,13,14)(H,15,16). The van der Waals surface area contributed by atoms with E-state index in [4.69, 9.17) is 9.84 Å². The van der Waals surface area contributed by atoms with Crippen LogP contribution in [-0.4, -0.2) is 36.2 Å². The molecule has 0 saturated carbocycles. The number of hydrogen-bond donors (Lipinski definition) is 2. The molecule has 2 N–H and O–H groups in total. The zero-order chi connectivity index (χ0) is 12.8. The van der Waals surface area contributed by atoms with Gasteiger partial charge in [-0.2, -0.15) is 0 Å². The van der Waals surface area contributed by atoms with Gasteiger partial charge in [0.05, 0.1) is 12.0 Å². The molecule has 0 heterocycles. The second kappa shape index (κ2) is 6.39. The molecule has 1 amide bonds. The molecule has 0 aromatic carbocycles. The van der Waals surface area contributed by atoms with E-state index >= 15 is 0 Å². The Morgan fingerprint density at radius 1 is 1.53 bits per heavy atom. The van der Waals surface area contributed by atoms with Gasteiger partial charge in [-0.3, -0.25) is 9.59 Å². The fourth-order valence-corrected chi connectivity index (χ4v) is 1.72. The number of carboxylic acids is 1. The van der Waals surface area contributed by atoms with E-state index in [2.05, 4.69) is 5.32 Å². The molecule has 0 spiro atoms. The smallest absolute Gasteiger partial charge is 0.310 e. The minimum absolute atomic E-state index is 0.0606. The van der Waals surface area contributed by atoms with Crippen LogP contribution >= 0.6 is 0 Å². The van der Waals surface area contributed by atoms with E-state index in [0.29, 0.717) is 19.3 Å². The Hall–Kier alpha value is -1.36. The second-order valence-corrected chi connectivity index (χ2v) is 4.32. The van der Waals surface area contributed by atoms with Crippen molar-refractivity contribution in [1.29, 1.82) is 0 Å². The number of ether oxygens (including phenoxy) is 1. The highest BCUT2D eigenvalue weighted by Gasteiger charge is 2.25. The van der Waals surface area contributed by atoms with Crippen LogP contribution in [0.1, 0.15) is 26.2 Å². The molecule has 3 atom stereocenters. The summed E-state index contributed by atoms with van der Waals surface area (Å²) < 4.78 is 5.05. The molecular formula is C12H19NO4. The number of amides is 1. The Kier molecular flexibility index (Phi) is 5.15. The van der Waals surface area contributed by atoms with Gasteiger partial charge in [0.25, 0.3) is 0 Å². The molecule has 0 aromatic rings. The van der Waals surface area contributed by atoms with Crippen molar-refractivity contribution in [3.05, 3.63) is 12.2 Å². The van der Waals surface area contributed by atoms with Gasteiger partial charge in [-0.05, 0) is 19.8 Å². The summed E-state index contributed by atoms with van der Waals surface area (Å²) in [5.74, 6) is -1.38. The molecule has 5 heteroatoms. The van der Waals surface area contributed by atoms with Crippen LogP contribution in [0.25, 0.3) is 0 Å². The van der Waals surface area contributed by atoms with Crippen molar-refractivity contribution < 1.29 is 19.4 Å². The SMILES string of the molecule is COC(C)CCC(=O)NC1C=CC(C(=O)O)C1. The number of carbonyl (C=O) groups excluding carboxylic acids is 1. The molecular weight excluding hydrogens is 222 g/mol. The Morgan fingerprint density at radius 3 is 2.76 bits per heavy atom. The molecule has 0 radical (unpaired) electrons. The largest absolute Gasteiger partial charge is 0.481 e. The highest BCUT2D eigenvalue weighted by Crippen LogP contribution is 2.18. The minimum Gasteiger partial charge on any atom is -0.481 e. The number of hydrogen-bond acceptors (Lipinski definition) is 3. The summed E-state index contributed by atoms with van der Waals surface area (Å²) in [5, 5.41) is 11.6. The Balaban J connectivity index is 2.25. The summed E-state index contributed by atoms with van der Waals surface area (Å²) in [6.45, 7) is 1.91. The van der Waals surface area contributed by atoms with Crippen molar-refractivity contribution >= 4 is 11.9 Å². The summed E-state index contributed by atoms with van der Waals surface area (Å²) in [4.78, 5) is 22.3. The molecule has 1 aliphatic rings. The molecule has 0 aliphatic heterocycles. The molecule has 3 unspecified atom stereocenters. The molecule has 0 saturated heterocycles. The summed E-state index contributed by atoms with van der Waals surface area (Å²) >= 11 is 0. The lowest BCUT2D eigenvalue weighted by atomic mass is 10.1. The van der Waals surface area contributed by atoms with Crippen LogP contribution in [0.3, 0.4) is 0 Å². The van der Waals surface area contributed by atoms with E-state index in [-0.39, 0.29) is 18.1 Å². The van der Waals surface area contributed by atoms with Gasteiger partial charge in [0.1, 0.15) is 0 Å². The number of carboxylic acid groups (broad SMARTS) is 1. The van der Waals surface area contributed by atoms with Gasteiger partial charge in [0, 0.05) is 19.6 Å². The number of rotatable bonds is 6. The second-order valence-electron chi connectivity index (χ2n) is 4.32. The lowest BCUT2D eigenvalue weighted by molar-refractivity contribution is -0.140. The molecule has 17 heavy (non-hydrogen) atoms. The van der Waals surface area contributed by atoms with Gasteiger partial charge < -0.3 is 15.2 Å². The first-order chi connectivity index (χ1) is 8.02. The fraction of sp³-hybridized carbons (Fsp3) is 0.667. The topological polar surface area (TPSA) is 75.6 Å². The van der Waals surface area contributed by atoms with Crippen molar-refractivity contribution in [2.24, 2.45) is 5.92 Å². The van der Waals surface area contributed by atoms with E-state index < -0.39 is 11.9 Å². The van der Waals surface area contributed by atoms with Gasteiger partial charge in [0.2, 0.25) is 5.91 Å². The molecule has 0 aromatic heterocycles. The van der Waals surface area contributed by atoms with E-state index in [9.17, 15) is 9.59 Å². The van der Waals surface area contributed by atoms with Crippen LogP contribution in [-0.2, 0) is 14.3 Å². The number of carbonyl (C=O) groups is 2. The van der Waals surface area contributed by atoms with Crippen LogP contribution in [0.4, 0.5) is 0 Å². The highest BCUT2D eigenvalue weighted by atomic mass is 16.5. The molecule has 96 valence electrons. The molecule has 0 bridgehead atoms. The zero-order valence-corrected chi connectivity index (χ0v) is 10.2. The van der Waals surface area contributed by atoms with E-state index in [0.717, 1.165) is 0 Å². The van der Waals surface area contributed by atoms with E-state index in [1.165, 1.54) is 0 Å². The molecule has 0 fully saturated rings. The summed E-state index contributed by atoms with van der Waals surface area (Å²) in [6.07, 6.45) is 4.95. The summed E-state index contributed by atoms with van der Waals surface area (Å²) in [6, 6.07) is -0.151. The first-order valence-corrected chi connectivity index (χ1v) is 5.76. The molecule has 1 aliphatic carbocycles. The molecule has 1 rings (SSSR count). The number of aliphatic carboxylic acids is 1. The van der Waals surface area contributed by atoms with Crippen LogP contribution in [0.2, 0.25) is 0 Å². The number of methoxy groups -OCH3 is 1. The Bertz CT molecular complexity index is 314. The maximum Gasteiger partial charge on any atom is 0.310 e. The molecule has 5 nitrogen and oxygen atoms in total. The van der Waals surface area contributed by atoms with Crippen LogP contribution in [0, 0.1) is 5.92 Å². The van der Waals surface area contributed by atoms with Crippen molar-refractivity contribution in [3.8, 4) is 0 Å². The zero-order valence-electron chi connectivity index (χ0n) is 10.2. The predicted molar refractivity (Wildman–Crippen MR) is 62.5 cm³/mol. The van der Waals surface area contributed by atoms with Crippen LogP contribution in [0.5, 0.6) is 0 Å². The Morgan fingerprint density at radius 2 is 2.24 bits per heavy atom. The van der Waals surface area contributed by atoms with Crippen molar-refractivity contribution in [2.75, 3.05) is 7.11 Å². The van der Waals surface area contributed by atoms with Crippen molar-refractivity contribution in [1.82, 2.24) is 5.32 Å². The Labute approximate surface area is 101 Å². The van der Waals surface area contributed by atoms with Gasteiger partial charge in [-0.25, -0.2) is 0 Å². The van der Waals surface area contributed by atoms with Gasteiger partial charge in [-0.1, -0.05) is 12.2 Å². The quantitative estimate of drug-likeness (QED) is 0.679. The maximum atomic E-state index is 11.5. The average Bonchev–Trinajstić information content (AvgIpc) is 2.74. The fourth-order valence-electron chi connectivity index (χ4n) is 1.72. The third-order valence-electron chi connectivity index (χ3n) is 2.93. The van der Waals surface area contributed by atoms with Gasteiger partial charge in [-0.15, -0.1) is 0 Å². The predicted octanol–water partition coefficient (Wildman–Crippen LogP) is 0.947. The maximum absolute atomic E-state index is 11.5. The summed E-state index contributed by atoms with van der Waals surface area (Å²) in [7, 11) is 1.61.